The normalized spacial score (nSPS) is 10.4. The van der Waals surface area contributed by atoms with Crippen molar-refractivity contribution in [3.05, 3.63) is 70.2 Å². The van der Waals surface area contributed by atoms with Crippen LogP contribution in [0.15, 0.2) is 48.5 Å². The van der Waals surface area contributed by atoms with E-state index in [1.807, 2.05) is 12.1 Å². The van der Waals surface area contributed by atoms with Gasteiger partial charge in [0.05, 0.1) is 11.6 Å². The molecule has 108 valence electrons. The molecule has 0 amide bonds. The topological polar surface area (TPSA) is 49.6 Å². The minimum atomic E-state index is 0.657. The summed E-state index contributed by atoms with van der Waals surface area (Å²) in [6, 6.07) is 18.2. The first kappa shape index (κ1) is 14.4. The van der Waals surface area contributed by atoms with Gasteiger partial charge < -0.3 is 0 Å². The molecule has 0 saturated heterocycles. The van der Waals surface area contributed by atoms with Gasteiger partial charge in [0.1, 0.15) is 10.0 Å². The van der Waals surface area contributed by atoms with Gasteiger partial charge in [-0.05, 0) is 29.7 Å². The van der Waals surface area contributed by atoms with E-state index >= 15 is 0 Å². The Labute approximate surface area is 133 Å². The van der Waals surface area contributed by atoms with E-state index in [1.54, 1.807) is 23.5 Å². The molecule has 3 rings (SSSR count). The molecule has 2 aromatic carbocycles. The smallest absolute Gasteiger partial charge is 0.147 e. The highest BCUT2D eigenvalue weighted by Crippen LogP contribution is 2.25. The van der Waals surface area contributed by atoms with Crippen LogP contribution in [0.4, 0.5) is 0 Å². The van der Waals surface area contributed by atoms with Crippen LogP contribution in [0.3, 0.4) is 0 Å². The third-order valence-electron chi connectivity index (χ3n) is 3.48. The van der Waals surface area contributed by atoms with Crippen molar-refractivity contribution in [2.75, 3.05) is 0 Å². The predicted octanol–water partition coefficient (Wildman–Crippen LogP) is 4.23. The predicted molar refractivity (Wildman–Crippen MR) is 88.7 cm³/mol. The van der Waals surface area contributed by atoms with E-state index in [2.05, 4.69) is 47.5 Å². The molecule has 0 atom stereocenters. The van der Waals surface area contributed by atoms with E-state index in [-0.39, 0.29) is 0 Å². The molecule has 0 spiro atoms. The average Bonchev–Trinajstić information content (AvgIpc) is 3.03. The minimum absolute atomic E-state index is 0.657. The van der Waals surface area contributed by atoms with Crippen LogP contribution in [-0.2, 0) is 12.8 Å². The molecule has 0 bridgehead atoms. The molecule has 4 heteroatoms. The lowest BCUT2D eigenvalue weighted by Gasteiger charge is -2.00. The summed E-state index contributed by atoms with van der Waals surface area (Å²) >= 11 is 1.60. The molecule has 1 aromatic heterocycles. The molecule has 0 N–H and O–H groups in total. The second-order valence-electron chi connectivity index (χ2n) is 5.04. The first-order valence-electron chi connectivity index (χ1n) is 7.19. The van der Waals surface area contributed by atoms with E-state index in [0.717, 1.165) is 28.4 Å². The lowest BCUT2D eigenvalue weighted by molar-refractivity contribution is 1.00. The molecule has 0 aliphatic heterocycles. The van der Waals surface area contributed by atoms with Crippen molar-refractivity contribution >= 4 is 11.3 Å². The van der Waals surface area contributed by atoms with Gasteiger partial charge in [0.15, 0.2) is 0 Å². The summed E-state index contributed by atoms with van der Waals surface area (Å²) in [5, 5.41) is 19.3. The molecule has 3 aromatic rings. The molecular weight excluding hydrogens is 290 g/mol. The van der Waals surface area contributed by atoms with Gasteiger partial charge in [-0.25, -0.2) is 0 Å². The minimum Gasteiger partial charge on any atom is -0.192 e. The molecule has 0 aliphatic rings. The molecule has 0 radical (unpaired) electrons. The summed E-state index contributed by atoms with van der Waals surface area (Å²) in [6.07, 6.45) is 1.85. The van der Waals surface area contributed by atoms with Crippen LogP contribution < -0.4 is 0 Å². The van der Waals surface area contributed by atoms with Gasteiger partial charge in [0.25, 0.3) is 0 Å². The van der Waals surface area contributed by atoms with E-state index < -0.39 is 0 Å². The van der Waals surface area contributed by atoms with E-state index in [9.17, 15) is 0 Å². The number of benzene rings is 2. The molecule has 1 heterocycles. The molecule has 22 heavy (non-hydrogen) atoms. The lowest BCUT2D eigenvalue weighted by atomic mass is 10.1. The Balaban J connectivity index is 1.79. The number of hydrogen-bond acceptors (Lipinski definition) is 4. The Kier molecular flexibility index (Phi) is 4.27. The number of rotatable bonds is 4. The van der Waals surface area contributed by atoms with Crippen molar-refractivity contribution < 1.29 is 0 Å². The first-order valence-corrected chi connectivity index (χ1v) is 8.01. The van der Waals surface area contributed by atoms with E-state index in [1.165, 1.54) is 11.1 Å². The molecule has 0 saturated carbocycles. The highest BCUT2D eigenvalue weighted by Gasteiger charge is 2.08. The highest BCUT2D eigenvalue weighted by molar-refractivity contribution is 7.14. The number of nitriles is 1. The summed E-state index contributed by atoms with van der Waals surface area (Å²) in [7, 11) is 0. The van der Waals surface area contributed by atoms with Crippen molar-refractivity contribution in [3.8, 4) is 16.6 Å². The van der Waals surface area contributed by atoms with Gasteiger partial charge >= 0.3 is 0 Å². The third-order valence-corrected chi connectivity index (χ3v) is 4.46. The molecule has 3 nitrogen and oxygen atoms in total. The quantitative estimate of drug-likeness (QED) is 0.724. The summed E-state index contributed by atoms with van der Waals surface area (Å²) in [5.41, 5.74) is 4.27. The zero-order valence-corrected chi connectivity index (χ0v) is 13.1. The number of aromatic nitrogens is 2. The van der Waals surface area contributed by atoms with Crippen molar-refractivity contribution in [1.82, 2.24) is 10.2 Å². The Morgan fingerprint density at radius 2 is 1.82 bits per heavy atom. The van der Waals surface area contributed by atoms with Gasteiger partial charge in [-0.2, -0.15) is 5.26 Å². The zero-order chi connectivity index (χ0) is 15.4. The largest absolute Gasteiger partial charge is 0.192 e. The van der Waals surface area contributed by atoms with Crippen molar-refractivity contribution in [1.29, 1.82) is 5.26 Å². The van der Waals surface area contributed by atoms with Gasteiger partial charge in [-0.3, -0.25) is 0 Å². The van der Waals surface area contributed by atoms with Gasteiger partial charge in [0.2, 0.25) is 0 Å². The second kappa shape index (κ2) is 6.50. The highest BCUT2D eigenvalue weighted by atomic mass is 32.1. The average molecular weight is 305 g/mol. The summed E-state index contributed by atoms with van der Waals surface area (Å²) < 4.78 is 0. The van der Waals surface area contributed by atoms with Gasteiger partial charge in [-0.1, -0.05) is 54.7 Å². The van der Waals surface area contributed by atoms with Crippen molar-refractivity contribution in [2.45, 2.75) is 19.8 Å². The van der Waals surface area contributed by atoms with Crippen LogP contribution in [-0.4, -0.2) is 10.2 Å². The van der Waals surface area contributed by atoms with Crippen LogP contribution in [0.25, 0.3) is 10.6 Å². The van der Waals surface area contributed by atoms with E-state index in [0.29, 0.717) is 5.56 Å². The fraction of sp³-hybridized carbons (Fsp3) is 0.167. The van der Waals surface area contributed by atoms with Crippen LogP contribution in [0.5, 0.6) is 0 Å². The van der Waals surface area contributed by atoms with Gasteiger partial charge in [-0.15, -0.1) is 10.2 Å². The van der Waals surface area contributed by atoms with Crippen LogP contribution in [0.2, 0.25) is 0 Å². The monoisotopic (exact) mass is 305 g/mol. The van der Waals surface area contributed by atoms with Gasteiger partial charge in [0, 0.05) is 12.0 Å². The lowest BCUT2D eigenvalue weighted by Crippen LogP contribution is -1.89. The number of nitrogens with zero attached hydrogens (tertiary/aromatic N) is 3. The Bertz CT molecular complexity index is 813. The maximum Gasteiger partial charge on any atom is 0.147 e. The molecule has 0 fully saturated rings. The van der Waals surface area contributed by atoms with Crippen LogP contribution >= 0.6 is 11.3 Å². The number of aryl methyl sites for hydroxylation is 1. The second-order valence-corrected chi connectivity index (χ2v) is 6.10. The maximum atomic E-state index is 8.83. The number of hydrogen-bond donors (Lipinski definition) is 0. The van der Waals surface area contributed by atoms with Crippen LogP contribution in [0, 0.1) is 11.3 Å². The SMILES string of the molecule is CCc1cccc(Cc2nnc(-c3ccc(C#N)cc3)s2)c1. The van der Waals surface area contributed by atoms with Crippen LogP contribution in [0.1, 0.15) is 28.6 Å². The Morgan fingerprint density at radius 1 is 1.05 bits per heavy atom. The third kappa shape index (κ3) is 3.21. The maximum absolute atomic E-state index is 8.83. The summed E-state index contributed by atoms with van der Waals surface area (Å²) in [5.74, 6) is 0. The van der Waals surface area contributed by atoms with Crippen molar-refractivity contribution in [2.24, 2.45) is 0 Å². The molecule has 0 aliphatic carbocycles. The zero-order valence-electron chi connectivity index (χ0n) is 12.3. The molecule has 0 unspecified atom stereocenters. The van der Waals surface area contributed by atoms with E-state index in [4.69, 9.17) is 5.26 Å². The Hall–Kier alpha value is -2.51. The summed E-state index contributed by atoms with van der Waals surface area (Å²) in [6.45, 7) is 2.16. The first-order chi connectivity index (χ1) is 10.8. The Morgan fingerprint density at radius 3 is 2.55 bits per heavy atom. The standard InChI is InChI=1S/C18H15N3S/c1-2-13-4-3-5-15(10-13)11-17-20-21-18(22-17)16-8-6-14(12-19)7-9-16/h3-10H,2,11H2,1H3. The summed E-state index contributed by atoms with van der Waals surface area (Å²) in [4.78, 5) is 0. The fourth-order valence-electron chi connectivity index (χ4n) is 2.26. The fourth-order valence-corrected chi connectivity index (χ4v) is 3.14. The molecular formula is C18H15N3S. The van der Waals surface area contributed by atoms with Crippen molar-refractivity contribution in [3.63, 3.8) is 0 Å².